The zero-order valence-electron chi connectivity index (χ0n) is 15.6. The van der Waals surface area contributed by atoms with Crippen LogP contribution in [0.15, 0.2) is 42.7 Å². The highest BCUT2D eigenvalue weighted by Gasteiger charge is 2.36. The van der Waals surface area contributed by atoms with Gasteiger partial charge in [0.2, 0.25) is 0 Å². The molecule has 2 aromatic heterocycles. The van der Waals surface area contributed by atoms with Crippen molar-refractivity contribution < 1.29 is 14.6 Å². The molecule has 0 unspecified atom stereocenters. The van der Waals surface area contributed by atoms with Crippen LogP contribution < -0.4 is 0 Å². The fourth-order valence-electron chi connectivity index (χ4n) is 3.67. The third-order valence-corrected chi connectivity index (χ3v) is 5.13. The topological polar surface area (TPSA) is 77.2 Å². The number of aromatic carboxylic acids is 1. The summed E-state index contributed by atoms with van der Waals surface area (Å²) in [6.45, 7) is 5.26. The minimum atomic E-state index is -0.942. The maximum atomic E-state index is 11.0. The Morgan fingerprint density at radius 1 is 1.26 bits per heavy atom. The Bertz CT molecular complexity index is 968. The molecule has 6 nitrogen and oxygen atoms in total. The van der Waals surface area contributed by atoms with Crippen LogP contribution in [-0.4, -0.2) is 38.6 Å². The van der Waals surface area contributed by atoms with E-state index in [0.29, 0.717) is 18.1 Å². The van der Waals surface area contributed by atoms with Gasteiger partial charge in [-0.05, 0) is 60.6 Å². The lowest BCUT2D eigenvalue weighted by atomic mass is 9.70. The smallest absolute Gasteiger partial charge is 0.335 e. The van der Waals surface area contributed by atoms with Gasteiger partial charge in [-0.1, -0.05) is 13.8 Å². The van der Waals surface area contributed by atoms with Crippen molar-refractivity contribution in [3.8, 4) is 5.69 Å². The van der Waals surface area contributed by atoms with Crippen LogP contribution in [0.3, 0.4) is 0 Å². The van der Waals surface area contributed by atoms with E-state index in [1.165, 1.54) is 0 Å². The quantitative estimate of drug-likeness (QED) is 0.717. The van der Waals surface area contributed by atoms with E-state index in [4.69, 9.17) is 9.84 Å². The summed E-state index contributed by atoms with van der Waals surface area (Å²) in [4.78, 5) is 15.5. The molecule has 1 aliphatic rings. The lowest BCUT2D eigenvalue weighted by Gasteiger charge is -2.42. The minimum Gasteiger partial charge on any atom is -0.478 e. The molecule has 140 valence electrons. The van der Waals surface area contributed by atoms with Crippen LogP contribution >= 0.6 is 0 Å². The van der Waals surface area contributed by atoms with E-state index in [0.717, 1.165) is 41.5 Å². The molecule has 4 rings (SSSR count). The maximum Gasteiger partial charge on any atom is 0.335 e. The summed E-state index contributed by atoms with van der Waals surface area (Å²) in [6, 6.07) is 8.70. The minimum absolute atomic E-state index is 0.250. The van der Waals surface area contributed by atoms with Gasteiger partial charge in [-0.3, -0.25) is 0 Å². The van der Waals surface area contributed by atoms with Crippen molar-refractivity contribution in [3.63, 3.8) is 0 Å². The van der Waals surface area contributed by atoms with Crippen LogP contribution in [0.4, 0.5) is 0 Å². The van der Waals surface area contributed by atoms with Gasteiger partial charge in [-0.2, -0.15) is 5.10 Å². The van der Waals surface area contributed by atoms with Crippen molar-refractivity contribution >= 4 is 17.0 Å². The third kappa shape index (κ3) is 3.71. The fourth-order valence-corrected chi connectivity index (χ4v) is 3.67. The highest BCUT2D eigenvalue weighted by molar-refractivity contribution is 5.87. The summed E-state index contributed by atoms with van der Waals surface area (Å²) < 4.78 is 7.66. The van der Waals surface area contributed by atoms with Gasteiger partial charge >= 0.3 is 5.97 Å². The number of nitrogens with zero attached hydrogens (tertiary/aromatic N) is 3. The first-order valence-electron chi connectivity index (χ1n) is 9.19. The molecule has 0 atom stereocenters. The van der Waals surface area contributed by atoms with Gasteiger partial charge in [-0.25, -0.2) is 14.5 Å². The molecular weight excluding hydrogens is 342 g/mol. The zero-order valence-corrected chi connectivity index (χ0v) is 15.6. The summed E-state index contributed by atoms with van der Waals surface area (Å²) in [5.74, 6) is -0.942. The van der Waals surface area contributed by atoms with Gasteiger partial charge in [0, 0.05) is 11.6 Å². The van der Waals surface area contributed by atoms with E-state index < -0.39 is 5.97 Å². The lowest BCUT2D eigenvalue weighted by molar-refractivity contribution is -0.0638. The lowest BCUT2D eigenvalue weighted by Crippen LogP contribution is -2.38. The second-order valence-corrected chi connectivity index (χ2v) is 7.98. The van der Waals surface area contributed by atoms with Crippen LogP contribution in [0.2, 0.25) is 0 Å². The number of hydrogen-bond acceptors (Lipinski definition) is 4. The van der Waals surface area contributed by atoms with Crippen molar-refractivity contribution in [3.05, 3.63) is 53.9 Å². The van der Waals surface area contributed by atoms with Gasteiger partial charge in [0.15, 0.2) is 5.65 Å². The molecule has 0 amide bonds. The predicted molar refractivity (Wildman–Crippen MR) is 102 cm³/mol. The highest BCUT2D eigenvalue weighted by atomic mass is 16.5. The van der Waals surface area contributed by atoms with Crippen LogP contribution in [0.1, 0.15) is 42.6 Å². The first-order valence-corrected chi connectivity index (χ1v) is 9.19. The molecule has 1 aromatic carbocycles. The maximum absolute atomic E-state index is 11.0. The first kappa shape index (κ1) is 17.7. The van der Waals surface area contributed by atoms with Gasteiger partial charge < -0.3 is 9.84 Å². The van der Waals surface area contributed by atoms with Crippen molar-refractivity contribution in [2.24, 2.45) is 5.41 Å². The van der Waals surface area contributed by atoms with E-state index in [-0.39, 0.29) is 5.56 Å². The molecule has 0 aliphatic heterocycles. The Balaban J connectivity index is 1.44. The molecule has 1 fully saturated rings. The van der Waals surface area contributed by atoms with Crippen LogP contribution in [0, 0.1) is 5.41 Å². The average Bonchev–Trinajstić information content (AvgIpc) is 3.03. The molecular formula is C21H23N3O3. The van der Waals surface area contributed by atoms with E-state index in [2.05, 4.69) is 30.0 Å². The van der Waals surface area contributed by atoms with E-state index in [1.807, 2.05) is 6.20 Å². The molecule has 3 aromatic rings. The molecule has 0 bridgehead atoms. The Hall–Kier alpha value is -2.73. The van der Waals surface area contributed by atoms with Crippen molar-refractivity contribution in [1.82, 2.24) is 14.8 Å². The van der Waals surface area contributed by atoms with Crippen molar-refractivity contribution in [2.75, 3.05) is 6.61 Å². The number of rotatable bonds is 6. The molecule has 0 radical (unpaired) electrons. The van der Waals surface area contributed by atoms with Crippen LogP contribution in [0.5, 0.6) is 0 Å². The largest absolute Gasteiger partial charge is 0.478 e. The molecule has 27 heavy (non-hydrogen) atoms. The van der Waals surface area contributed by atoms with Crippen molar-refractivity contribution in [1.29, 1.82) is 0 Å². The fraction of sp³-hybridized carbons (Fsp3) is 0.381. The Morgan fingerprint density at radius 3 is 2.67 bits per heavy atom. The van der Waals surface area contributed by atoms with E-state index >= 15 is 0 Å². The second kappa shape index (κ2) is 6.78. The third-order valence-electron chi connectivity index (χ3n) is 5.13. The first-order chi connectivity index (χ1) is 12.9. The Labute approximate surface area is 157 Å². The molecule has 1 N–H and O–H groups in total. The Kier molecular flexibility index (Phi) is 4.44. The molecule has 6 heteroatoms. The number of aromatic nitrogens is 3. The SMILES string of the molecule is CC1(C)CC(OCCc2cnc3c(cnn3-c3ccc(C(=O)O)cc3)c2)C1. The highest BCUT2D eigenvalue weighted by Crippen LogP contribution is 2.41. The van der Waals surface area contributed by atoms with E-state index in [1.54, 1.807) is 35.1 Å². The number of carbonyl (C=O) groups is 1. The number of ether oxygens (including phenoxy) is 1. The van der Waals surface area contributed by atoms with Gasteiger partial charge in [0.25, 0.3) is 0 Å². The monoisotopic (exact) mass is 365 g/mol. The number of fused-ring (bicyclic) bond motifs is 1. The summed E-state index contributed by atoms with van der Waals surface area (Å²) in [5.41, 5.74) is 3.35. The van der Waals surface area contributed by atoms with Gasteiger partial charge in [-0.15, -0.1) is 0 Å². The number of hydrogen-bond donors (Lipinski definition) is 1. The predicted octanol–water partition coefficient (Wildman–Crippen LogP) is 3.87. The number of benzene rings is 1. The van der Waals surface area contributed by atoms with Gasteiger partial charge in [0.1, 0.15) is 0 Å². The van der Waals surface area contributed by atoms with Crippen LogP contribution in [0.25, 0.3) is 16.7 Å². The van der Waals surface area contributed by atoms with Gasteiger partial charge in [0.05, 0.1) is 30.2 Å². The molecule has 0 saturated heterocycles. The normalized spacial score (nSPS) is 16.4. The summed E-state index contributed by atoms with van der Waals surface area (Å²) in [5, 5.41) is 14.4. The number of carboxylic acid groups (broad SMARTS) is 1. The number of pyridine rings is 1. The molecule has 0 spiro atoms. The molecule has 1 aliphatic carbocycles. The molecule has 2 heterocycles. The van der Waals surface area contributed by atoms with Crippen LogP contribution in [-0.2, 0) is 11.2 Å². The van der Waals surface area contributed by atoms with E-state index in [9.17, 15) is 4.79 Å². The number of carboxylic acids is 1. The summed E-state index contributed by atoms with van der Waals surface area (Å²) in [7, 11) is 0. The zero-order chi connectivity index (χ0) is 19.0. The molecule has 1 saturated carbocycles. The summed E-state index contributed by atoms with van der Waals surface area (Å²) >= 11 is 0. The Morgan fingerprint density at radius 2 is 2.00 bits per heavy atom. The van der Waals surface area contributed by atoms with Crippen molar-refractivity contribution in [2.45, 2.75) is 39.2 Å². The summed E-state index contributed by atoms with van der Waals surface area (Å²) in [6.07, 6.45) is 7.15. The average molecular weight is 365 g/mol. The standard InChI is InChI=1S/C21H23N3O3/c1-21(2)10-18(11-21)27-8-7-14-9-16-13-23-24(19(16)22-12-14)17-5-3-15(4-6-17)20(25)26/h3-6,9,12-13,18H,7-8,10-11H2,1-2H3,(H,25,26). The second-order valence-electron chi connectivity index (χ2n) is 7.98.